The van der Waals surface area contributed by atoms with Crippen LogP contribution < -0.4 is 14.8 Å². The van der Waals surface area contributed by atoms with Gasteiger partial charge in [0, 0.05) is 6.54 Å². The third-order valence-electron chi connectivity index (χ3n) is 5.20. The highest BCUT2D eigenvalue weighted by atomic mass is 79.9. The molecule has 0 fully saturated rings. The van der Waals surface area contributed by atoms with Crippen molar-refractivity contribution < 1.29 is 14.3 Å². The number of nitrogens with one attached hydrogen (secondary N) is 1. The normalized spacial score (nSPS) is 10.9. The second-order valence-electron chi connectivity index (χ2n) is 7.82. The van der Waals surface area contributed by atoms with E-state index in [1.165, 1.54) is 11.1 Å². The third-order valence-corrected chi connectivity index (χ3v) is 5.79. The molecule has 0 atom stereocenters. The Kier molecular flexibility index (Phi) is 9.30. The molecule has 0 heterocycles. The Morgan fingerprint density at radius 1 is 1.09 bits per heavy atom. The van der Waals surface area contributed by atoms with E-state index in [0.29, 0.717) is 34.7 Å². The van der Waals surface area contributed by atoms with Crippen molar-refractivity contribution in [2.45, 2.75) is 26.4 Å². The van der Waals surface area contributed by atoms with Crippen molar-refractivity contribution in [2.75, 3.05) is 13.7 Å². The fraction of sp³-hybridized carbons (Fsp3) is 0.214. The summed E-state index contributed by atoms with van der Waals surface area (Å²) in [6.07, 6.45) is 3.20. The number of methoxy groups -OCH3 is 1. The van der Waals surface area contributed by atoms with Crippen molar-refractivity contribution in [1.29, 1.82) is 5.26 Å². The molecule has 0 saturated carbocycles. The van der Waals surface area contributed by atoms with Crippen LogP contribution in [0.4, 0.5) is 0 Å². The second kappa shape index (κ2) is 12.6. The number of hydrogen-bond donors (Lipinski definition) is 1. The van der Waals surface area contributed by atoms with E-state index in [4.69, 9.17) is 9.47 Å². The highest BCUT2D eigenvalue weighted by Crippen LogP contribution is 2.37. The number of rotatable bonds is 10. The van der Waals surface area contributed by atoms with Crippen LogP contribution in [0.1, 0.15) is 28.7 Å². The van der Waals surface area contributed by atoms with Crippen molar-refractivity contribution in [2.24, 2.45) is 0 Å². The van der Waals surface area contributed by atoms with Crippen LogP contribution in [0.5, 0.6) is 11.5 Å². The first-order valence-electron chi connectivity index (χ1n) is 11.0. The Labute approximate surface area is 209 Å². The van der Waals surface area contributed by atoms with E-state index in [2.05, 4.69) is 33.4 Å². The van der Waals surface area contributed by atoms with Gasteiger partial charge in [-0.15, -0.1) is 0 Å². The van der Waals surface area contributed by atoms with Crippen molar-refractivity contribution >= 4 is 27.9 Å². The van der Waals surface area contributed by atoms with E-state index in [0.717, 1.165) is 18.4 Å². The summed E-state index contributed by atoms with van der Waals surface area (Å²) < 4.78 is 12.2. The maximum absolute atomic E-state index is 12.5. The van der Waals surface area contributed by atoms with Gasteiger partial charge in [0.15, 0.2) is 11.5 Å². The minimum atomic E-state index is -0.398. The summed E-state index contributed by atoms with van der Waals surface area (Å²) in [7, 11) is 1.55. The van der Waals surface area contributed by atoms with Gasteiger partial charge < -0.3 is 14.8 Å². The molecular formula is C28H27BrN2O3. The number of nitrogens with zero attached hydrogens (tertiary/aromatic N) is 1. The first-order valence-corrected chi connectivity index (χ1v) is 11.8. The van der Waals surface area contributed by atoms with Crippen LogP contribution in [-0.4, -0.2) is 19.6 Å². The van der Waals surface area contributed by atoms with Crippen LogP contribution in [0, 0.1) is 18.3 Å². The van der Waals surface area contributed by atoms with Crippen LogP contribution in [-0.2, 0) is 17.8 Å². The number of hydrogen-bond acceptors (Lipinski definition) is 4. The molecule has 0 aromatic heterocycles. The largest absolute Gasteiger partial charge is 0.493 e. The first kappa shape index (κ1) is 25.1. The number of nitriles is 1. The van der Waals surface area contributed by atoms with Crippen molar-refractivity contribution in [3.8, 4) is 17.6 Å². The van der Waals surface area contributed by atoms with Crippen LogP contribution in [0.15, 0.2) is 76.8 Å². The number of carbonyl (C=O) groups excluding carboxylic acids is 1. The van der Waals surface area contributed by atoms with Crippen LogP contribution in [0.2, 0.25) is 0 Å². The van der Waals surface area contributed by atoms with E-state index in [-0.39, 0.29) is 5.57 Å². The van der Waals surface area contributed by atoms with Crippen LogP contribution in [0.3, 0.4) is 0 Å². The molecule has 1 amide bonds. The monoisotopic (exact) mass is 518 g/mol. The number of benzene rings is 3. The van der Waals surface area contributed by atoms with E-state index >= 15 is 0 Å². The predicted octanol–water partition coefficient (Wildman–Crippen LogP) is 6.00. The zero-order valence-electron chi connectivity index (χ0n) is 19.3. The van der Waals surface area contributed by atoms with Gasteiger partial charge in [-0.1, -0.05) is 60.2 Å². The molecule has 0 spiro atoms. The number of aryl methyl sites for hydroxylation is 2. The van der Waals surface area contributed by atoms with Gasteiger partial charge in [0.1, 0.15) is 18.2 Å². The lowest BCUT2D eigenvalue weighted by Gasteiger charge is -2.14. The molecule has 1 N–H and O–H groups in total. The number of halogens is 1. The summed E-state index contributed by atoms with van der Waals surface area (Å²) in [6.45, 7) is 2.92. The van der Waals surface area contributed by atoms with E-state index in [9.17, 15) is 10.1 Å². The number of amides is 1. The maximum atomic E-state index is 12.5. The maximum Gasteiger partial charge on any atom is 0.261 e. The molecule has 3 aromatic carbocycles. The minimum absolute atomic E-state index is 0.0296. The fourth-order valence-electron chi connectivity index (χ4n) is 3.35. The molecule has 5 nitrogen and oxygen atoms in total. The van der Waals surface area contributed by atoms with E-state index in [1.807, 2.05) is 55.5 Å². The highest BCUT2D eigenvalue weighted by molar-refractivity contribution is 9.10. The summed E-state index contributed by atoms with van der Waals surface area (Å²) in [5.41, 5.74) is 4.13. The molecular weight excluding hydrogens is 492 g/mol. The third kappa shape index (κ3) is 7.23. The molecule has 0 aliphatic rings. The van der Waals surface area contributed by atoms with Crippen molar-refractivity contribution in [1.82, 2.24) is 5.32 Å². The molecule has 0 radical (unpaired) electrons. The average molecular weight is 519 g/mol. The molecule has 0 bridgehead atoms. The van der Waals surface area contributed by atoms with E-state index in [1.54, 1.807) is 25.3 Å². The quantitative estimate of drug-likeness (QED) is 0.203. The summed E-state index contributed by atoms with van der Waals surface area (Å²) in [6, 6.07) is 23.7. The molecule has 3 rings (SSSR count). The van der Waals surface area contributed by atoms with Gasteiger partial charge in [-0.2, -0.15) is 5.26 Å². The van der Waals surface area contributed by atoms with Gasteiger partial charge in [-0.05, 0) is 70.6 Å². The molecule has 0 saturated heterocycles. The minimum Gasteiger partial charge on any atom is -0.493 e. The Morgan fingerprint density at radius 2 is 1.82 bits per heavy atom. The highest BCUT2D eigenvalue weighted by Gasteiger charge is 2.14. The fourth-order valence-corrected chi connectivity index (χ4v) is 3.93. The van der Waals surface area contributed by atoms with Crippen molar-refractivity contribution in [3.05, 3.63) is 99.0 Å². The van der Waals surface area contributed by atoms with Crippen molar-refractivity contribution in [3.63, 3.8) is 0 Å². The summed E-state index contributed by atoms with van der Waals surface area (Å²) in [4.78, 5) is 12.5. The van der Waals surface area contributed by atoms with Gasteiger partial charge in [0.2, 0.25) is 0 Å². The van der Waals surface area contributed by atoms with Crippen LogP contribution >= 0.6 is 15.9 Å². The summed E-state index contributed by atoms with van der Waals surface area (Å²) >= 11 is 3.53. The van der Waals surface area contributed by atoms with E-state index < -0.39 is 5.91 Å². The van der Waals surface area contributed by atoms with Gasteiger partial charge in [-0.25, -0.2) is 0 Å². The average Bonchev–Trinajstić information content (AvgIpc) is 2.85. The lowest BCUT2D eigenvalue weighted by molar-refractivity contribution is -0.117. The SMILES string of the molecule is COc1cc(/C=C(/C#N)C(=O)NCCCc2ccccc2)cc(Br)c1OCc1ccc(C)cc1. The van der Waals surface area contributed by atoms with Crippen LogP contribution in [0.25, 0.3) is 6.08 Å². The second-order valence-corrected chi connectivity index (χ2v) is 8.68. The summed E-state index contributed by atoms with van der Waals surface area (Å²) in [5, 5.41) is 12.3. The van der Waals surface area contributed by atoms with Gasteiger partial charge in [0.05, 0.1) is 11.6 Å². The molecule has 0 unspecified atom stereocenters. The summed E-state index contributed by atoms with van der Waals surface area (Å²) in [5.74, 6) is 0.669. The molecule has 6 heteroatoms. The lowest BCUT2D eigenvalue weighted by atomic mass is 10.1. The Bertz CT molecular complexity index is 1180. The smallest absolute Gasteiger partial charge is 0.261 e. The topological polar surface area (TPSA) is 71.3 Å². The number of carbonyl (C=O) groups is 1. The zero-order valence-corrected chi connectivity index (χ0v) is 20.9. The first-order chi connectivity index (χ1) is 16.5. The van der Waals surface area contributed by atoms with Gasteiger partial charge in [-0.3, -0.25) is 4.79 Å². The Morgan fingerprint density at radius 3 is 2.50 bits per heavy atom. The standard InChI is InChI=1S/C28H27BrN2O3/c1-20-10-12-22(13-11-20)19-34-27-25(29)16-23(17-26(27)33-2)15-24(18-30)28(32)31-14-6-9-21-7-4-3-5-8-21/h3-5,7-8,10-13,15-17H,6,9,14,19H2,1-2H3,(H,31,32)/b24-15-. The Hall–Kier alpha value is -3.56. The molecule has 174 valence electrons. The van der Waals surface area contributed by atoms with Gasteiger partial charge >= 0.3 is 0 Å². The lowest BCUT2D eigenvalue weighted by Crippen LogP contribution is -2.25. The Balaban J connectivity index is 1.65. The predicted molar refractivity (Wildman–Crippen MR) is 138 cm³/mol. The van der Waals surface area contributed by atoms with Gasteiger partial charge in [0.25, 0.3) is 5.91 Å². The molecule has 3 aromatic rings. The number of ether oxygens (including phenoxy) is 2. The molecule has 34 heavy (non-hydrogen) atoms. The molecule has 0 aliphatic heterocycles. The zero-order chi connectivity index (χ0) is 24.3. The molecule has 0 aliphatic carbocycles.